The number of anilines is 1. The number of hydrogen-bond donors (Lipinski definition) is 2. The molecule has 0 saturated heterocycles. The number of carboxylic acids is 1. The molecule has 0 unspecified atom stereocenters. The lowest BCUT2D eigenvalue weighted by Gasteiger charge is -2.13. The van der Waals surface area contributed by atoms with E-state index in [2.05, 4.69) is 9.46 Å². The van der Waals surface area contributed by atoms with E-state index in [0.29, 0.717) is 11.3 Å². The highest BCUT2D eigenvalue weighted by molar-refractivity contribution is 7.92. The van der Waals surface area contributed by atoms with E-state index in [1.807, 2.05) is 0 Å². The first kappa shape index (κ1) is 19.3. The van der Waals surface area contributed by atoms with Crippen LogP contribution in [0, 0.1) is 6.92 Å². The standard InChI is InChI=1S/C17H17NO7S/c1-10-4-6-12(9-13(10)16(19)20)26(22,23)18-15-7-5-11(24-2)8-14(15)17(21)25-3/h4-9,18H,1-3H3,(H,19,20). The molecule has 0 amide bonds. The Morgan fingerprint density at radius 3 is 2.31 bits per heavy atom. The summed E-state index contributed by atoms with van der Waals surface area (Å²) in [6.45, 7) is 1.56. The highest BCUT2D eigenvalue weighted by atomic mass is 32.2. The Hall–Kier alpha value is -3.07. The van der Waals surface area contributed by atoms with E-state index in [1.54, 1.807) is 6.92 Å². The topological polar surface area (TPSA) is 119 Å². The molecule has 0 aromatic heterocycles. The molecule has 2 N–H and O–H groups in total. The van der Waals surface area contributed by atoms with Gasteiger partial charge in [-0.3, -0.25) is 4.72 Å². The fourth-order valence-electron chi connectivity index (χ4n) is 2.22. The molecule has 2 rings (SSSR count). The molecule has 2 aromatic rings. The summed E-state index contributed by atoms with van der Waals surface area (Å²) in [5.74, 6) is -1.65. The smallest absolute Gasteiger partial charge is 0.340 e. The van der Waals surface area contributed by atoms with Crippen molar-refractivity contribution in [3.63, 3.8) is 0 Å². The van der Waals surface area contributed by atoms with Crippen molar-refractivity contribution in [2.24, 2.45) is 0 Å². The fraction of sp³-hybridized carbons (Fsp3) is 0.176. The van der Waals surface area contributed by atoms with Crippen LogP contribution < -0.4 is 9.46 Å². The number of rotatable bonds is 6. The summed E-state index contributed by atoms with van der Waals surface area (Å²) in [5.41, 5.74) is 0.239. The molecular formula is C17H17NO7S. The minimum absolute atomic E-state index is 0.0184. The highest BCUT2D eigenvalue weighted by Crippen LogP contribution is 2.26. The Morgan fingerprint density at radius 1 is 1.04 bits per heavy atom. The van der Waals surface area contributed by atoms with Crippen molar-refractivity contribution in [2.75, 3.05) is 18.9 Å². The molecule has 8 nitrogen and oxygen atoms in total. The zero-order valence-corrected chi connectivity index (χ0v) is 15.1. The van der Waals surface area contributed by atoms with Crippen molar-refractivity contribution in [1.82, 2.24) is 0 Å². The first-order valence-corrected chi connectivity index (χ1v) is 8.81. The maximum atomic E-state index is 12.6. The molecule has 26 heavy (non-hydrogen) atoms. The van der Waals surface area contributed by atoms with Gasteiger partial charge in [0.25, 0.3) is 10.0 Å². The molecule has 0 aliphatic carbocycles. The van der Waals surface area contributed by atoms with Gasteiger partial charge in [-0.15, -0.1) is 0 Å². The molecule has 138 valence electrons. The molecule has 2 aromatic carbocycles. The van der Waals surface area contributed by atoms with E-state index >= 15 is 0 Å². The maximum absolute atomic E-state index is 12.6. The summed E-state index contributed by atoms with van der Waals surface area (Å²) in [6, 6.07) is 7.90. The van der Waals surface area contributed by atoms with Crippen molar-refractivity contribution in [3.05, 3.63) is 53.1 Å². The maximum Gasteiger partial charge on any atom is 0.340 e. The summed E-state index contributed by atoms with van der Waals surface area (Å²) >= 11 is 0. The van der Waals surface area contributed by atoms with Crippen LogP contribution in [0.3, 0.4) is 0 Å². The van der Waals surface area contributed by atoms with Gasteiger partial charge in [-0.1, -0.05) is 6.07 Å². The van der Waals surface area contributed by atoms with Gasteiger partial charge in [-0.05, 0) is 42.8 Å². The lowest BCUT2D eigenvalue weighted by atomic mass is 10.1. The van der Waals surface area contributed by atoms with E-state index in [9.17, 15) is 18.0 Å². The Morgan fingerprint density at radius 2 is 1.73 bits per heavy atom. The van der Waals surface area contributed by atoms with Crippen LogP contribution in [0.4, 0.5) is 5.69 Å². The van der Waals surface area contributed by atoms with Gasteiger partial charge in [-0.25, -0.2) is 18.0 Å². The number of benzene rings is 2. The zero-order chi connectivity index (χ0) is 19.5. The lowest BCUT2D eigenvalue weighted by Crippen LogP contribution is -2.17. The Labute approximate surface area is 150 Å². The van der Waals surface area contributed by atoms with Gasteiger partial charge in [0.05, 0.1) is 35.9 Å². The molecule has 0 heterocycles. The molecule has 0 bridgehead atoms. The summed E-state index contributed by atoms with van der Waals surface area (Å²) in [5, 5.41) is 9.16. The van der Waals surface area contributed by atoms with E-state index in [0.717, 1.165) is 6.07 Å². The van der Waals surface area contributed by atoms with E-state index < -0.39 is 22.0 Å². The van der Waals surface area contributed by atoms with Crippen molar-refractivity contribution in [1.29, 1.82) is 0 Å². The third-order valence-corrected chi connectivity index (χ3v) is 4.99. The van der Waals surface area contributed by atoms with E-state index in [4.69, 9.17) is 9.84 Å². The fourth-order valence-corrected chi connectivity index (χ4v) is 3.33. The zero-order valence-electron chi connectivity index (χ0n) is 14.3. The molecule has 9 heteroatoms. The second kappa shape index (κ2) is 7.44. The van der Waals surface area contributed by atoms with E-state index in [-0.39, 0.29) is 21.7 Å². The van der Waals surface area contributed by atoms with Crippen molar-refractivity contribution >= 4 is 27.6 Å². The summed E-state index contributed by atoms with van der Waals surface area (Å²) in [7, 11) is -1.56. The Balaban J connectivity index is 2.49. The Bertz CT molecular complexity index is 967. The van der Waals surface area contributed by atoms with E-state index in [1.165, 1.54) is 44.6 Å². The summed E-state index contributed by atoms with van der Waals surface area (Å²) in [6.07, 6.45) is 0. The molecule has 0 aliphatic rings. The predicted octanol–water partition coefficient (Wildman–Crippen LogP) is 2.29. The van der Waals surface area contributed by atoms with Gasteiger partial charge in [0.2, 0.25) is 0 Å². The van der Waals surface area contributed by atoms with Crippen LogP contribution in [0.1, 0.15) is 26.3 Å². The van der Waals surface area contributed by atoms with Gasteiger partial charge in [0, 0.05) is 0 Å². The van der Waals surface area contributed by atoms with Gasteiger partial charge < -0.3 is 14.6 Å². The van der Waals surface area contributed by atoms with Gasteiger partial charge >= 0.3 is 11.9 Å². The van der Waals surface area contributed by atoms with Gasteiger partial charge in [0.15, 0.2) is 0 Å². The number of esters is 1. The SMILES string of the molecule is COC(=O)c1cc(OC)ccc1NS(=O)(=O)c1ccc(C)c(C(=O)O)c1. The average Bonchev–Trinajstić information content (AvgIpc) is 2.61. The number of methoxy groups -OCH3 is 2. The number of carbonyl (C=O) groups is 2. The van der Waals surface area contributed by atoms with Crippen LogP contribution >= 0.6 is 0 Å². The van der Waals surface area contributed by atoms with Gasteiger partial charge in [0.1, 0.15) is 5.75 Å². The summed E-state index contributed by atoms with van der Waals surface area (Å²) in [4.78, 5) is 22.9. The molecular weight excluding hydrogens is 362 g/mol. The molecule has 0 atom stereocenters. The minimum atomic E-state index is -4.13. The number of carbonyl (C=O) groups excluding carboxylic acids is 1. The average molecular weight is 379 g/mol. The monoisotopic (exact) mass is 379 g/mol. The molecule has 0 fully saturated rings. The molecule has 0 radical (unpaired) electrons. The molecule has 0 saturated carbocycles. The first-order valence-electron chi connectivity index (χ1n) is 7.32. The second-order valence-corrected chi connectivity index (χ2v) is 6.97. The first-order chi connectivity index (χ1) is 12.2. The predicted molar refractivity (Wildman–Crippen MR) is 93.3 cm³/mol. The number of carboxylic acid groups (broad SMARTS) is 1. The van der Waals surface area contributed by atoms with Crippen LogP contribution in [0.15, 0.2) is 41.3 Å². The largest absolute Gasteiger partial charge is 0.497 e. The number of ether oxygens (including phenoxy) is 2. The van der Waals surface area contributed by atoms with Crippen LogP contribution in [-0.4, -0.2) is 39.7 Å². The van der Waals surface area contributed by atoms with Crippen LogP contribution in [0.25, 0.3) is 0 Å². The summed E-state index contributed by atoms with van der Waals surface area (Å²) < 4.78 is 37.2. The van der Waals surface area contributed by atoms with Crippen LogP contribution in [0.2, 0.25) is 0 Å². The third-order valence-electron chi connectivity index (χ3n) is 3.63. The normalized spacial score (nSPS) is 10.9. The molecule has 0 spiro atoms. The van der Waals surface area contributed by atoms with Crippen LogP contribution in [0.5, 0.6) is 5.75 Å². The minimum Gasteiger partial charge on any atom is -0.497 e. The lowest BCUT2D eigenvalue weighted by molar-refractivity contribution is 0.0600. The number of nitrogens with one attached hydrogen (secondary N) is 1. The third kappa shape index (κ3) is 3.94. The Kier molecular flexibility index (Phi) is 5.51. The number of hydrogen-bond acceptors (Lipinski definition) is 6. The number of aryl methyl sites for hydroxylation is 1. The van der Waals surface area contributed by atoms with Crippen LogP contribution in [-0.2, 0) is 14.8 Å². The van der Waals surface area contributed by atoms with Gasteiger partial charge in [-0.2, -0.15) is 0 Å². The van der Waals surface area contributed by atoms with Crippen molar-refractivity contribution < 1.29 is 32.6 Å². The second-order valence-electron chi connectivity index (χ2n) is 5.29. The van der Waals surface area contributed by atoms with Crippen molar-refractivity contribution in [2.45, 2.75) is 11.8 Å². The quantitative estimate of drug-likeness (QED) is 0.739. The van der Waals surface area contributed by atoms with Crippen molar-refractivity contribution in [3.8, 4) is 5.75 Å². The number of aromatic carboxylic acids is 1. The highest BCUT2D eigenvalue weighted by Gasteiger charge is 2.21. The molecule has 0 aliphatic heterocycles. The number of sulfonamides is 1.